The zero-order valence-corrected chi connectivity index (χ0v) is 13.4. The Labute approximate surface area is 143 Å². The molecule has 2 heterocycles. The van der Waals surface area contributed by atoms with Crippen molar-refractivity contribution < 1.29 is 24.0 Å². The molecule has 1 aliphatic carbocycles. The molecule has 1 saturated heterocycles. The largest absolute Gasteiger partial charge is 0.303 e. The summed E-state index contributed by atoms with van der Waals surface area (Å²) in [5, 5.41) is 2.18. The molecule has 2 fully saturated rings. The predicted octanol–water partition coefficient (Wildman–Crippen LogP) is 0.780. The van der Waals surface area contributed by atoms with Crippen molar-refractivity contribution in [3.05, 3.63) is 34.9 Å². The van der Waals surface area contributed by atoms with Gasteiger partial charge < -0.3 is 4.79 Å². The molecule has 4 amide bonds. The second-order valence-corrected chi connectivity index (χ2v) is 6.82. The summed E-state index contributed by atoms with van der Waals surface area (Å²) in [6.45, 7) is 0. The molecule has 1 aromatic carbocycles. The fourth-order valence-corrected chi connectivity index (χ4v) is 3.79. The number of imide groups is 2. The molecule has 0 aromatic heterocycles. The number of amides is 4. The Morgan fingerprint density at radius 1 is 1.04 bits per heavy atom. The van der Waals surface area contributed by atoms with Crippen LogP contribution in [0.1, 0.15) is 57.9 Å². The van der Waals surface area contributed by atoms with Gasteiger partial charge in [-0.2, -0.15) is 0 Å². The SMILES string of the molecule is O=CC1CC(c2ccc3c(c2)C(=O)N(C2CCC(=O)NC2=O)C3=O)C1. The Balaban J connectivity index is 1.60. The Hall–Kier alpha value is -2.83. The van der Waals surface area contributed by atoms with Crippen LogP contribution in [0.15, 0.2) is 18.2 Å². The average molecular weight is 340 g/mol. The highest BCUT2D eigenvalue weighted by Crippen LogP contribution is 2.41. The molecule has 1 N–H and O–H groups in total. The van der Waals surface area contributed by atoms with Crippen LogP contribution in [0.4, 0.5) is 0 Å². The Bertz CT molecular complexity index is 825. The minimum atomic E-state index is -0.948. The topological polar surface area (TPSA) is 101 Å². The lowest BCUT2D eigenvalue weighted by Gasteiger charge is -2.32. The highest BCUT2D eigenvalue weighted by Gasteiger charge is 2.45. The number of benzene rings is 1. The van der Waals surface area contributed by atoms with Gasteiger partial charge in [0, 0.05) is 12.3 Å². The van der Waals surface area contributed by atoms with E-state index in [2.05, 4.69) is 5.32 Å². The van der Waals surface area contributed by atoms with E-state index in [4.69, 9.17) is 0 Å². The van der Waals surface area contributed by atoms with E-state index in [0.717, 1.165) is 29.6 Å². The molecule has 2 aliphatic heterocycles. The second-order valence-electron chi connectivity index (χ2n) is 6.82. The van der Waals surface area contributed by atoms with Crippen molar-refractivity contribution in [3.8, 4) is 0 Å². The van der Waals surface area contributed by atoms with Crippen LogP contribution in [0.2, 0.25) is 0 Å². The van der Waals surface area contributed by atoms with Crippen molar-refractivity contribution in [1.82, 2.24) is 10.2 Å². The van der Waals surface area contributed by atoms with Crippen LogP contribution >= 0.6 is 0 Å². The standard InChI is InChI=1S/C18H16N2O5/c21-8-9-5-11(6-9)10-1-2-12-13(7-10)18(25)20(17(12)24)14-3-4-15(22)19-16(14)23/h1-2,7-9,11,14H,3-6H2,(H,19,22,23). The lowest BCUT2D eigenvalue weighted by atomic mass is 9.72. The van der Waals surface area contributed by atoms with Gasteiger partial charge in [-0.3, -0.25) is 29.4 Å². The van der Waals surface area contributed by atoms with Gasteiger partial charge in [0.1, 0.15) is 12.3 Å². The van der Waals surface area contributed by atoms with Crippen molar-refractivity contribution in [1.29, 1.82) is 0 Å². The average Bonchev–Trinajstić information content (AvgIpc) is 2.78. The van der Waals surface area contributed by atoms with Crippen molar-refractivity contribution >= 4 is 29.9 Å². The second kappa shape index (κ2) is 5.61. The van der Waals surface area contributed by atoms with Gasteiger partial charge in [-0.15, -0.1) is 0 Å². The van der Waals surface area contributed by atoms with E-state index in [1.807, 2.05) is 6.07 Å². The summed E-state index contributed by atoms with van der Waals surface area (Å²) in [6.07, 6.45) is 2.70. The lowest BCUT2D eigenvalue weighted by Crippen LogP contribution is -2.54. The Kier molecular flexibility index (Phi) is 3.52. The van der Waals surface area contributed by atoms with Crippen LogP contribution in [0.5, 0.6) is 0 Å². The maximum absolute atomic E-state index is 12.7. The van der Waals surface area contributed by atoms with Crippen LogP contribution in [0.25, 0.3) is 0 Å². The molecule has 1 unspecified atom stereocenters. The molecule has 25 heavy (non-hydrogen) atoms. The normalized spacial score (nSPS) is 28.5. The molecular formula is C18H16N2O5. The maximum Gasteiger partial charge on any atom is 0.262 e. The minimum Gasteiger partial charge on any atom is -0.303 e. The van der Waals surface area contributed by atoms with Gasteiger partial charge in [-0.1, -0.05) is 6.07 Å². The summed E-state index contributed by atoms with van der Waals surface area (Å²) < 4.78 is 0. The number of rotatable bonds is 3. The lowest BCUT2D eigenvalue weighted by molar-refractivity contribution is -0.136. The number of carbonyl (C=O) groups excluding carboxylic acids is 5. The molecule has 7 nitrogen and oxygen atoms in total. The first-order valence-corrected chi connectivity index (χ1v) is 8.30. The number of carbonyl (C=O) groups is 5. The zero-order valence-electron chi connectivity index (χ0n) is 13.4. The number of hydrogen-bond donors (Lipinski definition) is 1. The van der Waals surface area contributed by atoms with Crippen LogP contribution < -0.4 is 5.32 Å². The third-order valence-corrected chi connectivity index (χ3v) is 5.30. The number of hydrogen-bond acceptors (Lipinski definition) is 5. The number of aldehydes is 1. The summed E-state index contributed by atoms with van der Waals surface area (Å²) in [4.78, 5) is 60.3. The number of nitrogens with zero attached hydrogens (tertiary/aromatic N) is 1. The first-order valence-electron chi connectivity index (χ1n) is 8.30. The number of fused-ring (bicyclic) bond motifs is 1. The fraction of sp³-hybridized carbons (Fsp3) is 0.389. The first kappa shape index (κ1) is 15.7. The van der Waals surface area contributed by atoms with Gasteiger partial charge in [0.15, 0.2) is 0 Å². The summed E-state index contributed by atoms with van der Waals surface area (Å²) in [5.41, 5.74) is 1.51. The zero-order chi connectivity index (χ0) is 17.7. The van der Waals surface area contributed by atoms with Crippen LogP contribution in [-0.4, -0.2) is 40.9 Å². The Morgan fingerprint density at radius 3 is 2.44 bits per heavy atom. The molecule has 3 aliphatic rings. The molecule has 128 valence electrons. The first-order chi connectivity index (χ1) is 12.0. The van der Waals surface area contributed by atoms with Crippen molar-refractivity contribution in [2.75, 3.05) is 0 Å². The molecule has 0 spiro atoms. The van der Waals surface area contributed by atoms with E-state index in [0.29, 0.717) is 5.56 Å². The molecule has 0 bridgehead atoms. The summed E-state index contributed by atoms with van der Waals surface area (Å²) in [5.74, 6) is -1.72. The van der Waals surface area contributed by atoms with E-state index in [-0.39, 0.29) is 30.2 Å². The summed E-state index contributed by atoms with van der Waals surface area (Å²) >= 11 is 0. The van der Waals surface area contributed by atoms with E-state index in [9.17, 15) is 24.0 Å². The van der Waals surface area contributed by atoms with Crippen molar-refractivity contribution in [2.24, 2.45) is 5.92 Å². The fourth-order valence-electron chi connectivity index (χ4n) is 3.79. The summed E-state index contributed by atoms with van der Waals surface area (Å²) in [7, 11) is 0. The molecule has 1 aromatic rings. The minimum absolute atomic E-state index is 0.0653. The molecule has 0 radical (unpaired) electrons. The smallest absolute Gasteiger partial charge is 0.262 e. The van der Waals surface area contributed by atoms with E-state index in [1.54, 1.807) is 12.1 Å². The molecule has 1 atom stereocenters. The van der Waals surface area contributed by atoms with Crippen LogP contribution in [0.3, 0.4) is 0 Å². The summed E-state index contributed by atoms with van der Waals surface area (Å²) in [6, 6.07) is 4.18. The molecule has 4 rings (SSSR count). The number of piperidine rings is 1. The van der Waals surface area contributed by atoms with Crippen LogP contribution in [0, 0.1) is 5.92 Å². The van der Waals surface area contributed by atoms with Gasteiger partial charge >= 0.3 is 0 Å². The highest BCUT2D eigenvalue weighted by molar-refractivity contribution is 6.23. The maximum atomic E-state index is 12.7. The highest BCUT2D eigenvalue weighted by atomic mass is 16.2. The quantitative estimate of drug-likeness (QED) is 0.647. The van der Waals surface area contributed by atoms with Gasteiger partial charge in [-0.05, 0) is 42.9 Å². The molecular weight excluding hydrogens is 324 g/mol. The van der Waals surface area contributed by atoms with Crippen molar-refractivity contribution in [3.63, 3.8) is 0 Å². The predicted molar refractivity (Wildman–Crippen MR) is 84.6 cm³/mol. The number of nitrogens with one attached hydrogen (secondary N) is 1. The van der Waals surface area contributed by atoms with E-state index < -0.39 is 29.7 Å². The van der Waals surface area contributed by atoms with Gasteiger partial charge in [0.2, 0.25) is 11.8 Å². The molecule has 7 heteroatoms. The monoisotopic (exact) mass is 340 g/mol. The van der Waals surface area contributed by atoms with E-state index >= 15 is 0 Å². The third kappa shape index (κ3) is 2.38. The van der Waals surface area contributed by atoms with Gasteiger partial charge in [-0.25, -0.2) is 0 Å². The van der Waals surface area contributed by atoms with Crippen molar-refractivity contribution in [2.45, 2.75) is 37.6 Å². The van der Waals surface area contributed by atoms with Gasteiger partial charge in [0.05, 0.1) is 11.1 Å². The van der Waals surface area contributed by atoms with Gasteiger partial charge in [0.25, 0.3) is 11.8 Å². The Morgan fingerprint density at radius 2 is 1.76 bits per heavy atom. The van der Waals surface area contributed by atoms with Crippen LogP contribution in [-0.2, 0) is 14.4 Å². The third-order valence-electron chi connectivity index (χ3n) is 5.30. The van der Waals surface area contributed by atoms with E-state index in [1.165, 1.54) is 0 Å². The molecule has 1 saturated carbocycles.